The van der Waals surface area contributed by atoms with Gasteiger partial charge < -0.3 is 0 Å². The van der Waals surface area contributed by atoms with Crippen molar-refractivity contribution in [3.8, 4) is 0 Å². The second-order valence-corrected chi connectivity index (χ2v) is 6.70. The van der Waals surface area contributed by atoms with Crippen LogP contribution < -0.4 is 5.43 Å². The minimum atomic E-state index is -0.123. The average Bonchev–Trinajstić information content (AvgIpc) is 2.48. The maximum atomic E-state index is 11.8. The van der Waals surface area contributed by atoms with E-state index in [1.807, 2.05) is 18.2 Å². The normalized spacial score (nSPS) is 10.9. The van der Waals surface area contributed by atoms with Crippen molar-refractivity contribution in [2.24, 2.45) is 5.10 Å². The smallest absolute Gasteiger partial charge is 0.250 e. The van der Waals surface area contributed by atoms with Crippen molar-refractivity contribution in [1.29, 1.82) is 0 Å². The molecule has 0 spiro atoms. The molecular weight excluding hydrogens is 328 g/mol. The van der Waals surface area contributed by atoms with Crippen LogP contribution >= 0.6 is 23.4 Å². The number of halogens is 1. The van der Waals surface area contributed by atoms with Gasteiger partial charge in [0.1, 0.15) is 0 Å². The van der Waals surface area contributed by atoms with Crippen LogP contribution in [0, 0.1) is 13.8 Å². The van der Waals surface area contributed by atoms with Gasteiger partial charge in [0, 0.05) is 16.3 Å². The zero-order chi connectivity index (χ0) is 16.7. The second kappa shape index (κ2) is 8.75. The van der Waals surface area contributed by atoms with Crippen molar-refractivity contribution in [2.45, 2.75) is 19.6 Å². The van der Waals surface area contributed by atoms with Crippen LogP contribution in [0.1, 0.15) is 22.3 Å². The van der Waals surface area contributed by atoms with Crippen LogP contribution in [0.2, 0.25) is 5.02 Å². The summed E-state index contributed by atoms with van der Waals surface area (Å²) in [4.78, 5) is 11.8. The van der Waals surface area contributed by atoms with Gasteiger partial charge in [-0.15, -0.1) is 11.8 Å². The largest absolute Gasteiger partial charge is 0.272 e. The Morgan fingerprint density at radius 2 is 1.91 bits per heavy atom. The molecule has 2 aromatic rings. The number of aryl methyl sites for hydroxylation is 2. The number of hydrazone groups is 1. The molecule has 5 heteroatoms. The molecule has 0 aromatic heterocycles. The molecular formula is C18H19ClN2OS. The van der Waals surface area contributed by atoms with Crippen molar-refractivity contribution < 1.29 is 4.79 Å². The van der Waals surface area contributed by atoms with Crippen LogP contribution in [-0.2, 0) is 10.5 Å². The predicted molar refractivity (Wildman–Crippen MR) is 99.3 cm³/mol. The van der Waals surface area contributed by atoms with E-state index in [9.17, 15) is 4.79 Å². The van der Waals surface area contributed by atoms with Crippen LogP contribution in [0.15, 0.2) is 47.6 Å². The second-order valence-electron chi connectivity index (χ2n) is 5.30. The highest BCUT2D eigenvalue weighted by atomic mass is 35.5. The summed E-state index contributed by atoms with van der Waals surface area (Å²) in [7, 11) is 0. The summed E-state index contributed by atoms with van der Waals surface area (Å²) >= 11 is 7.58. The van der Waals surface area contributed by atoms with Crippen LogP contribution in [0.5, 0.6) is 0 Å². The van der Waals surface area contributed by atoms with E-state index in [1.165, 1.54) is 16.7 Å². The summed E-state index contributed by atoms with van der Waals surface area (Å²) in [6, 6.07) is 13.8. The fraction of sp³-hybridized carbons (Fsp3) is 0.222. The molecule has 2 aromatic carbocycles. The average molecular weight is 347 g/mol. The standard InChI is InChI=1S/C18H19ClN2OS/c1-13-7-14(2)9-15(8-13)11-23-12-18(22)21-20-10-16-5-3-4-6-17(16)19/h3-10H,11-12H2,1-2H3,(H,21,22)/b20-10-. The minimum absolute atomic E-state index is 0.123. The van der Waals surface area contributed by atoms with Gasteiger partial charge in [0.05, 0.1) is 12.0 Å². The lowest BCUT2D eigenvalue weighted by Crippen LogP contribution is -2.19. The number of thioether (sulfide) groups is 1. The van der Waals surface area contributed by atoms with Gasteiger partial charge in [0.15, 0.2) is 0 Å². The third kappa shape index (κ3) is 6.08. The van der Waals surface area contributed by atoms with E-state index >= 15 is 0 Å². The number of hydrogen-bond donors (Lipinski definition) is 1. The molecule has 1 amide bonds. The van der Waals surface area contributed by atoms with Crippen LogP contribution in [0.25, 0.3) is 0 Å². The predicted octanol–water partition coefficient (Wildman–Crippen LogP) is 4.34. The molecule has 1 N–H and O–H groups in total. The number of benzene rings is 2. The summed E-state index contributed by atoms with van der Waals surface area (Å²) in [5.74, 6) is 1.06. The number of amides is 1. The van der Waals surface area contributed by atoms with Gasteiger partial charge in [0.2, 0.25) is 5.91 Å². The lowest BCUT2D eigenvalue weighted by molar-refractivity contribution is -0.118. The van der Waals surface area contributed by atoms with E-state index in [0.717, 1.165) is 11.3 Å². The van der Waals surface area contributed by atoms with Crippen LogP contribution in [-0.4, -0.2) is 17.9 Å². The highest BCUT2D eigenvalue weighted by Gasteiger charge is 2.02. The minimum Gasteiger partial charge on any atom is -0.272 e. The molecule has 0 radical (unpaired) electrons. The fourth-order valence-electron chi connectivity index (χ4n) is 2.20. The molecule has 0 aliphatic heterocycles. The first-order valence-electron chi connectivity index (χ1n) is 7.26. The number of hydrogen-bond acceptors (Lipinski definition) is 3. The molecule has 120 valence electrons. The Morgan fingerprint density at radius 1 is 1.22 bits per heavy atom. The third-order valence-corrected chi connectivity index (χ3v) is 4.43. The maximum Gasteiger partial charge on any atom is 0.250 e. The summed E-state index contributed by atoms with van der Waals surface area (Å²) in [6.45, 7) is 4.16. The monoisotopic (exact) mass is 346 g/mol. The van der Waals surface area contributed by atoms with Gasteiger partial charge in [-0.3, -0.25) is 4.79 Å². The van der Waals surface area contributed by atoms with Gasteiger partial charge in [-0.05, 0) is 25.5 Å². The number of carbonyl (C=O) groups excluding carboxylic acids is 1. The third-order valence-electron chi connectivity index (χ3n) is 3.08. The Bertz CT molecular complexity index is 696. The van der Waals surface area contributed by atoms with E-state index in [1.54, 1.807) is 24.0 Å². The van der Waals surface area contributed by atoms with Crippen LogP contribution in [0.3, 0.4) is 0 Å². The number of carbonyl (C=O) groups is 1. The molecule has 0 unspecified atom stereocenters. The van der Waals surface area contributed by atoms with Gasteiger partial charge in [-0.2, -0.15) is 5.10 Å². The van der Waals surface area contributed by atoms with Crippen molar-refractivity contribution >= 4 is 35.5 Å². The number of rotatable bonds is 6. The van der Waals surface area contributed by atoms with E-state index in [0.29, 0.717) is 10.8 Å². The van der Waals surface area contributed by atoms with E-state index < -0.39 is 0 Å². The SMILES string of the molecule is Cc1cc(C)cc(CSCC(=O)N/N=C\c2ccccc2Cl)c1. The Balaban J connectivity index is 1.76. The highest BCUT2D eigenvalue weighted by Crippen LogP contribution is 2.15. The Labute approximate surface area is 146 Å². The van der Waals surface area contributed by atoms with E-state index in [4.69, 9.17) is 11.6 Å². The van der Waals surface area contributed by atoms with E-state index in [-0.39, 0.29) is 5.91 Å². The zero-order valence-corrected chi connectivity index (χ0v) is 14.7. The first kappa shape index (κ1) is 17.6. The van der Waals surface area contributed by atoms with Gasteiger partial charge in [-0.1, -0.05) is 59.1 Å². The molecule has 0 fully saturated rings. The van der Waals surface area contributed by atoms with Gasteiger partial charge >= 0.3 is 0 Å². The lowest BCUT2D eigenvalue weighted by Gasteiger charge is -2.04. The van der Waals surface area contributed by atoms with Gasteiger partial charge in [-0.25, -0.2) is 5.43 Å². The molecule has 0 saturated heterocycles. The van der Waals surface area contributed by atoms with E-state index in [2.05, 4.69) is 42.6 Å². The number of nitrogens with zero attached hydrogens (tertiary/aromatic N) is 1. The summed E-state index contributed by atoms with van der Waals surface area (Å²) in [5.41, 5.74) is 7.02. The molecule has 3 nitrogen and oxygen atoms in total. The molecule has 0 aliphatic rings. The molecule has 0 bridgehead atoms. The summed E-state index contributed by atoms with van der Waals surface area (Å²) in [5, 5.41) is 4.54. The Kier molecular flexibility index (Phi) is 6.68. The molecule has 0 heterocycles. The molecule has 0 aliphatic carbocycles. The maximum absolute atomic E-state index is 11.8. The summed E-state index contributed by atoms with van der Waals surface area (Å²) in [6.07, 6.45) is 1.55. The fourth-order valence-corrected chi connectivity index (χ4v) is 3.14. The molecule has 2 rings (SSSR count). The molecule has 23 heavy (non-hydrogen) atoms. The number of nitrogens with one attached hydrogen (secondary N) is 1. The first-order valence-corrected chi connectivity index (χ1v) is 8.79. The topological polar surface area (TPSA) is 41.5 Å². The quantitative estimate of drug-likeness (QED) is 0.624. The Morgan fingerprint density at radius 3 is 2.61 bits per heavy atom. The van der Waals surface area contributed by atoms with Crippen molar-refractivity contribution in [3.05, 3.63) is 69.7 Å². The van der Waals surface area contributed by atoms with Crippen molar-refractivity contribution in [2.75, 3.05) is 5.75 Å². The molecule has 0 saturated carbocycles. The summed E-state index contributed by atoms with van der Waals surface area (Å²) < 4.78 is 0. The lowest BCUT2D eigenvalue weighted by atomic mass is 10.1. The molecule has 0 atom stereocenters. The van der Waals surface area contributed by atoms with Crippen molar-refractivity contribution in [3.63, 3.8) is 0 Å². The van der Waals surface area contributed by atoms with Crippen molar-refractivity contribution in [1.82, 2.24) is 5.43 Å². The van der Waals surface area contributed by atoms with Gasteiger partial charge in [0.25, 0.3) is 0 Å². The van der Waals surface area contributed by atoms with Crippen LogP contribution in [0.4, 0.5) is 0 Å². The zero-order valence-electron chi connectivity index (χ0n) is 13.2. The highest BCUT2D eigenvalue weighted by molar-refractivity contribution is 7.99. The Hall–Kier alpha value is -1.78. The first-order chi connectivity index (χ1) is 11.0.